The molecule has 2 aliphatic rings. The number of benzene rings is 2. The highest BCUT2D eigenvalue weighted by molar-refractivity contribution is 5.46. The summed E-state index contributed by atoms with van der Waals surface area (Å²) in [6, 6.07) is 11.3. The van der Waals surface area contributed by atoms with Crippen molar-refractivity contribution in [3.63, 3.8) is 0 Å². The van der Waals surface area contributed by atoms with Gasteiger partial charge in [0.1, 0.15) is 6.61 Å². The van der Waals surface area contributed by atoms with Crippen LogP contribution >= 0.6 is 0 Å². The standard InChI is InChI=1S/C33H38F2O/c1-3-5-7-8-25-12-16-30-23-29(18-17-28(30)22-25)26-13-9-24(10-14-26)11-15-27-19-20-31(33(35)32(27)34)36-21-6-4-2/h3-6,9-10,13-14,19-20,25,28-30H,7-8,12,16-18,21-23H2,1-2H3/b5-3+,6-4+. The van der Waals surface area contributed by atoms with Crippen molar-refractivity contribution >= 4 is 0 Å². The Bertz CT molecular complexity index is 1120. The summed E-state index contributed by atoms with van der Waals surface area (Å²) < 4.78 is 34.0. The molecule has 36 heavy (non-hydrogen) atoms. The lowest BCUT2D eigenvalue weighted by Gasteiger charge is -2.42. The van der Waals surface area contributed by atoms with Gasteiger partial charge >= 0.3 is 0 Å². The summed E-state index contributed by atoms with van der Waals surface area (Å²) in [6.07, 6.45) is 18.7. The Hall–Kier alpha value is -2.86. The Labute approximate surface area is 215 Å². The van der Waals surface area contributed by atoms with E-state index in [1.54, 1.807) is 12.2 Å². The van der Waals surface area contributed by atoms with Gasteiger partial charge in [0.15, 0.2) is 11.6 Å². The zero-order valence-electron chi connectivity index (χ0n) is 21.6. The molecule has 4 atom stereocenters. The van der Waals surface area contributed by atoms with Gasteiger partial charge in [-0.2, -0.15) is 4.39 Å². The quantitative estimate of drug-likeness (QED) is 0.279. The van der Waals surface area contributed by atoms with Crippen molar-refractivity contribution < 1.29 is 13.5 Å². The van der Waals surface area contributed by atoms with Crippen LogP contribution in [0.5, 0.6) is 5.75 Å². The molecule has 0 aromatic heterocycles. The Morgan fingerprint density at radius 2 is 1.58 bits per heavy atom. The first-order valence-corrected chi connectivity index (χ1v) is 13.5. The van der Waals surface area contributed by atoms with Crippen LogP contribution in [0.25, 0.3) is 0 Å². The fourth-order valence-electron chi connectivity index (χ4n) is 6.00. The maximum Gasteiger partial charge on any atom is 0.201 e. The predicted molar refractivity (Wildman–Crippen MR) is 144 cm³/mol. The normalized spacial score (nSPS) is 23.9. The zero-order valence-corrected chi connectivity index (χ0v) is 21.6. The van der Waals surface area contributed by atoms with E-state index in [-0.39, 0.29) is 17.9 Å². The first-order valence-electron chi connectivity index (χ1n) is 13.5. The highest BCUT2D eigenvalue weighted by atomic mass is 19.2. The molecular formula is C33H38F2O. The Kier molecular flexibility index (Phi) is 9.40. The number of rotatable bonds is 7. The predicted octanol–water partition coefficient (Wildman–Crippen LogP) is 8.98. The van der Waals surface area contributed by atoms with Gasteiger partial charge < -0.3 is 4.74 Å². The number of allylic oxidation sites excluding steroid dienone is 3. The van der Waals surface area contributed by atoms with Crippen LogP contribution in [-0.4, -0.2) is 6.61 Å². The number of hydrogen-bond acceptors (Lipinski definition) is 1. The van der Waals surface area contributed by atoms with Crippen LogP contribution in [0, 0.1) is 41.2 Å². The van der Waals surface area contributed by atoms with Crippen molar-refractivity contribution in [2.24, 2.45) is 17.8 Å². The topological polar surface area (TPSA) is 9.23 Å². The van der Waals surface area contributed by atoms with E-state index in [4.69, 9.17) is 4.74 Å². The first-order chi connectivity index (χ1) is 17.6. The molecule has 0 bridgehead atoms. The zero-order chi connectivity index (χ0) is 25.3. The van der Waals surface area contributed by atoms with Gasteiger partial charge in [-0.3, -0.25) is 0 Å². The molecule has 0 spiro atoms. The minimum absolute atomic E-state index is 0.0367. The Balaban J connectivity index is 1.34. The minimum Gasteiger partial charge on any atom is -0.486 e. The maximum atomic E-state index is 14.4. The molecule has 0 radical (unpaired) electrons. The van der Waals surface area contributed by atoms with Gasteiger partial charge in [-0.15, -0.1) is 0 Å². The van der Waals surface area contributed by atoms with Crippen LogP contribution in [0.4, 0.5) is 8.78 Å². The van der Waals surface area contributed by atoms with E-state index >= 15 is 0 Å². The van der Waals surface area contributed by atoms with E-state index < -0.39 is 11.6 Å². The Morgan fingerprint density at radius 3 is 2.36 bits per heavy atom. The van der Waals surface area contributed by atoms with Crippen molar-refractivity contribution in [1.29, 1.82) is 0 Å². The van der Waals surface area contributed by atoms with E-state index in [1.807, 2.05) is 19.1 Å². The van der Waals surface area contributed by atoms with Crippen LogP contribution in [0.2, 0.25) is 0 Å². The monoisotopic (exact) mass is 488 g/mol. The average Bonchev–Trinajstić information content (AvgIpc) is 2.91. The molecule has 2 aliphatic carbocycles. The molecule has 0 aliphatic heterocycles. The third-order valence-corrected chi connectivity index (χ3v) is 8.04. The van der Waals surface area contributed by atoms with Crippen LogP contribution in [0.1, 0.15) is 87.8 Å². The van der Waals surface area contributed by atoms with Crippen molar-refractivity contribution in [2.45, 2.75) is 71.1 Å². The van der Waals surface area contributed by atoms with Crippen molar-refractivity contribution in [3.05, 3.63) is 89.0 Å². The van der Waals surface area contributed by atoms with Crippen molar-refractivity contribution in [3.8, 4) is 17.6 Å². The third-order valence-electron chi connectivity index (χ3n) is 8.04. The molecule has 2 aromatic rings. The van der Waals surface area contributed by atoms with Gasteiger partial charge in [0.05, 0.1) is 5.56 Å². The lowest BCUT2D eigenvalue weighted by Crippen LogP contribution is -2.30. The molecule has 3 heteroatoms. The summed E-state index contributed by atoms with van der Waals surface area (Å²) in [5.41, 5.74) is 2.23. The van der Waals surface area contributed by atoms with Gasteiger partial charge in [-0.05, 0) is 112 Å². The Morgan fingerprint density at radius 1 is 0.833 bits per heavy atom. The second-order valence-corrected chi connectivity index (χ2v) is 10.3. The SMILES string of the molecule is C/C=C/CCC1CCC2CC(c3ccc(C#Cc4ccc(OC/C=C/C)c(F)c4F)cc3)CCC2C1. The van der Waals surface area contributed by atoms with Crippen molar-refractivity contribution in [1.82, 2.24) is 0 Å². The summed E-state index contributed by atoms with van der Waals surface area (Å²) in [6.45, 7) is 4.15. The fourth-order valence-corrected chi connectivity index (χ4v) is 6.00. The summed E-state index contributed by atoms with van der Waals surface area (Å²) in [5, 5.41) is 0. The molecule has 0 amide bonds. The summed E-state index contributed by atoms with van der Waals surface area (Å²) in [5.74, 6) is 7.02. The van der Waals surface area contributed by atoms with Gasteiger partial charge in [0.25, 0.3) is 0 Å². The smallest absolute Gasteiger partial charge is 0.201 e. The molecule has 2 fully saturated rings. The average molecular weight is 489 g/mol. The summed E-state index contributed by atoms with van der Waals surface area (Å²) in [4.78, 5) is 0. The molecule has 2 saturated carbocycles. The largest absolute Gasteiger partial charge is 0.486 e. The molecule has 2 aromatic carbocycles. The maximum absolute atomic E-state index is 14.4. The number of hydrogen-bond donors (Lipinski definition) is 0. The molecular weight excluding hydrogens is 450 g/mol. The minimum atomic E-state index is -0.996. The van der Waals surface area contributed by atoms with Crippen LogP contribution in [-0.2, 0) is 0 Å². The van der Waals surface area contributed by atoms with Gasteiger partial charge in [-0.25, -0.2) is 4.39 Å². The lowest BCUT2D eigenvalue weighted by atomic mass is 9.63. The fraction of sp³-hybridized carbons (Fsp3) is 0.455. The molecule has 0 saturated heterocycles. The van der Waals surface area contributed by atoms with E-state index in [1.165, 1.54) is 69.1 Å². The third kappa shape index (κ3) is 6.67. The van der Waals surface area contributed by atoms with Crippen LogP contribution < -0.4 is 4.74 Å². The van der Waals surface area contributed by atoms with E-state index in [9.17, 15) is 8.78 Å². The molecule has 0 heterocycles. The molecule has 0 N–H and O–H groups in total. The first kappa shape index (κ1) is 26.2. The molecule has 4 unspecified atom stereocenters. The lowest BCUT2D eigenvalue weighted by molar-refractivity contribution is 0.115. The molecule has 1 nitrogen and oxygen atoms in total. The highest BCUT2D eigenvalue weighted by Crippen LogP contribution is 2.48. The summed E-state index contributed by atoms with van der Waals surface area (Å²) >= 11 is 0. The van der Waals surface area contributed by atoms with Gasteiger partial charge in [-0.1, -0.05) is 54.7 Å². The highest BCUT2D eigenvalue weighted by Gasteiger charge is 2.35. The molecule has 190 valence electrons. The van der Waals surface area contributed by atoms with Crippen LogP contribution in [0.15, 0.2) is 60.7 Å². The van der Waals surface area contributed by atoms with Gasteiger partial charge in [0, 0.05) is 5.56 Å². The number of fused-ring (bicyclic) bond motifs is 1. The van der Waals surface area contributed by atoms with E-state index in [0.717, 1.165) is 23.3 Å². The number of ether oxygens (including phenoxy) is 1. The van der Waals surface area contributed by atoms with Gasteiger partial charge in [0.2, 0.25) is 5.82 Å². The second-order valence-electron chi connectivity index (χ2n) is 10.3. The second kappa shape index (κ2) is 12.9. The van der Waals surface area contributed by atoms with Crippen LogP contribution in [0.3, 0.4) is 0 Å². The van der Waals surface area contributed by atoms with Crippen molar-refractivity contribution in [2.75, 3.05) is 6.61 Å². The molecule has 4 rings (SSSR count). The summed E-state index contributed by atoms with van der Waals surface area (Å²) in [7, 11) is 0. The van der Waals surface area contributed by atoms with E-state index in [0.29, 0.717) is 5.92 Å². The van der Waals surface area contributed by atoms with E-state index in [2.05, 4.69) is 43.0 Å². The number of halogens is 2.